The summed E-state index contributed by atoms with van der Waals surface area (Å²) in [7, 11) is 0. The Balaban J connectivity index is 2.26. The highest BCUT2D eigenvalue weighted by molar-refractivity contribution is 5.67. The minimum Gasteiger partial charge on any atom is -0.507 e. The van der Waals surface area contributed by atoms with Gasteiger partial charge in [0.1, 0.15) is 5.75 Å². The number of carboxylic acid groups (broad SMARTS) is 1. The summed E-state index contributed by atoms with van der Waals surface area (Å²) >= 11 is 0. The van der Waals surface area contributed by atoms with Gasteiger partial charge in [-0.05, 0) is 54.2 Å². The van der Waals surface area contributed by atoms with E-state index in [0.29, 0.717) is 18.1 Å². The van der Waals surface area contributed by atoms with Gasteiger partial charge in [0.05, 0.1) is 0 Å². The third kappa shape index (κ3) is 3.72. The minimum atomic E-state index is -0.775. The van der Waals surface area contributed by atoms with Crippen LogP contribution in [0.5, 0.6) is 5.75 Å². The maximum absolute atomic E-state index is 10.7. The predicted molar refractivity (Wildman–Crippen MR) is 74.6 cm³/mol. The first-order valence-corrected chi connectivity index (χ1v) is 7.03. The molecule has 1 aromatic rings. The molecule has 2 N–H and O–H groups in total. The maximum Gasteiger partial charge on any atom is 0.303 e. The van der Waals surface area contributed by atoms with Crippen molar-refractivity contribution in [2.45, 2.75) is 51.9 Å². The summed E-state index contributed by atoms with van der Waals surface area (Å²) in [6.45, 7) is 4.11. The molecule has 0 aliphatic heterocycles. The summed E-state index contributed by atoms with van der Waals surface area (Å²) < 4.78 is 0. The van der Waals surface area contributed by atoms with Crippen LogP contribution >= 0.6 is 0 Å². The number of phenolic OH excluding ortho intramolecular Hbond substituents is 1. The summed E-state index contributed by atoms with van der Waals surface area (Å²) in [6.07, 6.45) is 4.09. The van der Waals surface area contributed by atoms with Gasteiger partial charge in [-0.2, -0.15) is 0 Å². The zero-order valence-corrected chi connectivity index (χ0v) is 11.6. The normalized spacial score (nSPS) is 14.9. The minimum absolute atomic E-state index is 0.144. The van der Waals surface area contributed by atoms with Gasteiger partial charge in [-0.3, -0.25) is 4.79 Å². The van der Waals surface area contributed by atoms with Gasteiger partial charge in [0.2, 0.25) is 0 Å². The molecule has 19 heavy (non-hydrogen) atoms. The maximum atomic E-state index is 10.7. The number of carboxylic acids is 1. The van der Waals surface area contributed by atoms with Crippen molar-refractivity contribution in [1.82, 2.24) is 0 Å². The number of phenols is 1. The lowest BCUT2D eigenvalue weighted by molar-refractivity contribution is -0.136. The number of carbonyl (C=O) groups is 1. The van der Waals surface area contributed by atoms with Crippen molar-refractivity contribution in [2.75, 3.05) is 0 Å². The Morgan fingerprint density at radius 3 is 2.58 bits per heavy atom. The highest BCUT2D eigenvalue weighted by Crippen LogP contribution is 2.38. The van der Waals surface area contributed by atoms with E-state index in [4.69, 9.17) is 5.11 Å². The molecule has 1 aromatic carbocycles. The lowest BCUT2D eigenvalue weighted by Gasteiger charge is -2.15. The van der Waals surface area contributed by atoms with Crippen LogP contribution in [0.25, 0.3) is 0 Å². The van der Waals surface area contributed by atoms with Gasteiger partial charge in [-0.1, -0.05) is 26.0 Å². The predicted octanol–water partition coefficient (Wildman–Crippen LogP) is 3.49. The third-order valence-corrected chi connectivity index (χ3v) is 3.73. The molecular weight excluding hydrogens is 240 g/mol. The van der Waals surface area contributed by atoms with Crippen LogP contribution in [0.15, 0.2) is 12.1 Å². The summed E-state index contributed by atoms with van der Waals surface area (Å²) in [4.78, 5) is 10.7. The molecule has 1 saturated carbocycles. The van der Waals surface area contributed by atoms with Crippen molar-refractivity contribution in [3.63, 3.8) is 0 Å². The number of aryl methyl sites for hydroxylation is 1. The Morgan fingerprint density at radius 2 is 2.05 bits per heavy atom. The summed E-state index contributed by atoms with van der Waals surface area (Å²) in [5, 5.41) is 19.1. The van der Waals surface area contributed by atoms with Crippen LogP contribution in [-0.2, 0) is 17.6 Å². The van der Waals surface area contributed by atoms with Crippen LogP contribution in [-0.4, -0.2) is 16.2 Å². The molecule has 2 rings (SSSR count). The zero-order valence-electron chi connectivity index (χ0n) is 11.6. The molecule has 0 bridgehead atoms. The molecule has 1 fully saturated rings. The summed E-state index contributed by atoms with van der Waals surface area (Å²) in [6, 6.07) is 3.95. The van der Waals surface area contributed by atoms with Gasteiger partial charge < -0.3 is 10.2 Å². The van der Waals surface area contributed by atoms with Crippen LogP contribution in [0.4, 0.5) is 0 Å². The van der Waals surface area contributed by atoms with E-state index >= 15 is 0 Å². The second kappa shape index (κ2) is 5.64. The average Bonchev–Trinajstić information content (AvgIpc) is 3.13. The molecular formula is C16H22O3. The molecule has 3 nitrogen and oxygen atoms in total. The van der Waals surface area contributed by atoms with Crippen molar-refractivity contribution < 1.29 is 15.0 Å². The van der Waals surface area contributed by atoms with E-state index in [-0.39, 0.29) is 12.3 Å². The van der Waals surface area contributed by atoms with Gasteiger partial charge in [-0.15, -0.1) is 0 Å². The fourth-order valence-electron chi connectivity index (χ4n) is 2.41. The molecule has 0 spiro atoms. The smallest absolute Gasteiger partial charge is 0.303 e. The van der Waals surface area contributed by atoms with Gasteiger partial charge in [0, 0.05) is 6.42 Å². The second-order valence-corrected chi connectivity index (χ2v) is 5.89. The molecule has 3 heteroatoms. The lowest BCUT2D eigenvalue weighted by Crippen LogP contribution is -2.01. The van der Waals surface area contributed by atoms with Crippen LogP contribution in [0, 0.1) is 5.92 Å². The molecule has 1 aliphatic carbocycles. The number of rotatable bonds is 6. The zero-order chi connectivity index (χ0) is 14.0. The molecule has 0 aromatic heterocycles. The van der Waals surface area contributed by atoms with Crippen LogP contribution in [0.1, 0.15) is 55.7 Å². The quantitative estimate of drug-likeness (QED) is 0.825. The molecule has 1 aliphatic rings. The first kappa shape index (κ1) is 13.9. The molecule has 0 heterocycles. The lowest BCUT2D eigenvalue weighted by atomic mass is 9.92. The van der Waals surface area contributed by atoms with Crippen molar-refractivity contribution in [1.29, 1.82) is 0 Å². The van der Waals surface area contributed by atoms with Crippen molar-refractivity contribution in [2.24, 2.45) is 5.92 Å². The van der Waals surface area contributed by atoms with E-state index < -0.39 is 5.97 Å². The van der Waals surface area contributed by atoms with Crippen molar-refractivity contribution in [3.8, 4) is 5.75 Å². The number of aliphatic carboxylic acids is 1. The Bertz CT molecular complexity index is 473. The fraction of sp³-hybridized carbons (Fsp3) is 0.562. The summed E-state index contributed by atoms with van der Waals surface area (Å²) in [5.74, 6) is 0.604. The first-order chi connectivity index (χ1) is 8.97. The second-order valence-electron chi connectivity index (χ2n) is 5.89. The van der Waals surface area contributed by atoms with Gasteiger partial charge in [0.25, 0.3) is 0 Å². The summed E-state index contributed by atoms with van der Waals surface area (Å²) in [5.41, 5.74) is 2.96. The fourth-order valence-corrected chi connectivity index (χ4v) is 2.41. The Kier molecular flexibility index (Phi) is 4.13. The Labute approximate surface area is 114 Å². The molecule has 0 radical (unpaired) electrons. The monoisotopic (exact) mass is 262 g/mol. The van der Waals surface area contributed by atoms with E-state index in [0.717, 1.165) is 23.1 Å². The third-order valence-electron chi connectivity index (χ3n) is 3.73. The molecule has 104 valence electrons. The SMILES string of the molecule is CC(C)c1cc(CCC(=O)O)cc(CC2CC2)c1O. The van der Waals surface area contributed by atoms with Gasteiger partial charge in [-0.25, -0.2) is 0 Å². The number of benzene rings is 1. The van der Waals surface area contributed by atoms with Crippen LogP contribution in [0.2, 0.25) is 0 Å². The van der Waals surface area contributed by atoms with E-state index in [2.05, 4.69) is 13.8 Å². The first-order valence-electron chi connectivity index (χ1n) is 7.03. The molecule has 0 amide bonds. The Morgan fingerprint density at radius 1 is 1.37 bits per heavy atom. The van der Waals surface area contributed by atoms with Crippen LogP contribution in [0.3, 0.4) is 0 Å². The van der Waals surface area contributed by atoms with E-state index in [1.54, 1.807) is 0 Å². The van der Waals surface area contributed by atoms with E-state index in [9.17, 15) is 9.90 Å². The standard InChI is InChI=1S/C16H22O3/c1-10(2)14-9-12(5-6-15(17)18)8-13(16(14)19)7-11-3-4-11/h8-11,19H,3-7H2,1-2H3,(H,17,18). The van der Waals surface area contributed by atoms with Crippen molar-refractivity contribution >= 4 is 5.97 Å². The average molecular weight is 262 g/mol. The number of hydrogen-bond donors (Lipinski definition) is 2. The largest absolute Gasteiger partial charge is 0.507 e. The number of aromatic hydroxyl groups is 1. The van der Waals surface area contributed by atoms with Crippen LogP contribution < -0.4 is 0 Å². The highest BCUT2D eigenvalue weighted by atomic mass is 16.4. The molecule has 0 atom stereocenters. The van der Waals surface area contributed by atoms with Gasteiger partial charge in [0.15, 0.2) is 0 Å². The van der Waals surface area contributed by atoms with Crippen molar-refractivity contribution in [3.05, 3.63) is 28.8 Å². The van der Waals surface area contributed by atoms with E-state index in [1.807, 2.05) is 12.1 Å². The molecule has 0 unspecified atom stereocenters. The van der Waals surface area contributed by atoms with Gasteiger partial charge >= 0.3 is 5.97 Å². The Hall–Kier alpha value is -1.51. The topological polar surface area (TPSA) is 57.5 Å². The highest BCUT2D eigenvalue weighted by Gasteiger charge is 2.24. The number of hydrogen-bond acceptors (Lipinski definition) is 2. The van der Waals surface area contributed by atoms with E-state index in [1.165, 1.54) is 12.8 Å². The molecule has 0 saturated heterocycles.